The van der Waals surface area contributed by atoms with E-state index in [1.165, 1.54) is 11.3 Å². The highest BCUT2D eigenvalue weighted by molar-refractivity contribution is 9.10. The summed E-state index contributed by atoms with van der Waals surface area (Å²) in [6.07, 6.45) is 3.46. The molecule has 4 nitrogen and oxygen atoms in total. The molecule has 0 saturated heterocycles. The van der Waals surface area contributed by atoms with E-state index >= 15 is 0 Å². The topological polar surface area (TPSA) is 46.1 Å². The molecule has 1 amide bonds. The highest BCUT2D eigenvalue weighted by Gasteiger charge is 2.24. The zero-order chi connectivity index (χ0) is 19.7. The van der Waals surface area contributed by atoms with Crippen LogP contribution in [0.15, 0.2) is 65.4 Å². The summed E-state index contributed by atoms with van der Waals surface area (Å²) < 4.78 is 1.83. The van der Waals surface area contributed by atoms with Gasteiger partial charge in [-0.2, -0.15) is 0 Å². The first-order valence-electron chi connectivity index (χ1n) is 8.55. The van der Waals surface area contributed by atoms with Crippen LogP contribution in [0.2, 0.25) is 5.02 Å². The van der Waals surface area contributed by atoms with Gasteiger partial charge in [-0.3, -0.25) is 14.7 Å². The molecule has 7 heteroatoms. The number of nitrogens with zero attached hydrogens (tertiary/aromatic N) is 3. The van der Waals surface area contributed by atoms with Crippen LogP contribution >= 0.6 is 38.9 Å². The predicted molar refractivity (Wildman–Crippen MR) is 118 cm³/mol. The van der Waals surface area contributed by atoms with E-state index in [-0.39, 0.29) is 5.91 Å². The summed E-state index contributed by atoms with van der Waals surface area (Å²) in [6.45, 7) is 2.37. The second-order valence-electron chi connectivity index (χ2n) is 6.29. The molecule has 2 aromatic heterocycles. The standard InChI is InChI=1S/C21H15BrClN3OS/c1-13-4-2-6-18-19(13)25-21(28-18)26(12-14-5-3-9-24-11-14)20(27)16-10-15(22)7-8-17(16)23/h2-11H,12H2,1H3. The van der Waals surface area contributed by atoms with E-state index in [1.54, 1.807) is 29.4 Å². The number of benzene rings is 2. The Bertz CT molecular complexity index is 1160. The molecule has 0 atom stereocenters. The second kappa shape index (κ2) is 7.99. The van der Waals surface area contributed by atoms with E-state index in [9.17, 15) is 4.79 Å². The molecule has 0 fully saturated rings. The third-order valence-electron chi connectivity index (χ3n) is 4.31. The Kier molecular flexibility index (Phi) is 5.44. The summed E-state index contributed by atoms with van der Waals surface area (Å²) in [4.78, 5) is 24.0. The SMILES string of the molecule is Cc1cccc2sc(N(Cc3cccnc3)C(=O)c3cc(Br)ccc3Cl)nc12. The van der Waals surface area contributed by atoms with Crippen LogP contribution in [0, 0.1) is 6.92 Å². The lowest BCUT2D eigenvalue weighted by molar-refractivity contribution is 0.0985. The van der Waals surface area contributed by atoms with Crippen LogP contribution in [0.3, 0.4) is 0 Å². The lowest BCUT2D eigenvalue weighted by Crippen LogP contribution is -2.30. The van der Waals surface area contributed by atoms with Crippen molar-refractivity contribution >= 4 is 60.1 Å². The molecule has 0 N–H and O–H groups in total. The maximum Gasteiger partial charge on any atom is 0.261 e. The van der Waals surface area contributed by atoms with Crippen LogP contribution in [-0.2, 0) is 6.54 Å². The molecule has 2 heterocycles. The van der Waals surface area contributed by atoms with Gasteiger partial charge in [0.2, 0.25) is 0 Å². The minimum Gasteiger partial charge on any atom is -0.279 e. The maximum atomic E-state index is 13.5. The molecule has 0 saturated carbocycles. The third kappa shape index (κ3) is 3.81. The van der Waals surface area contributed by atoms with Gasteiger partial charge in [0.1, 0.15) is 0 Å². The van der Waals surface area contributed by atoms with Gasteiger partial charge in [0.15, 0.2) is 5.13 Å². The van der Waals surface area contributed by atoms with Crippen LogP contribution in [0.1, 0.15) is 21.5 Å². The van der Waals surface area contributed by atoms with Gasteiger partial charge < -0.3 is 0 Å². The second-order valence-corrected chi connectivity index (χ2v) is 8.63. The van der Waals surface area contributed by atoms with Crippen LogP contribution in [0.5, 0.6) is 0 Å². The van der Waals surface area contributed by atoms with E-state index in [0.717, 1.165) is 25.8 Å². The van der Waals surface area contributed by atoms with Crippen molar-refractivity contribution in [2.24, 2.45) is 0 Å². The summed E-state index contributed by atoms with van der Waals surface area (Å²) in [7, 11) is 0. The van der Waals surface area contributed by atoms with Crippen molar-refractivity contribution in [3.63, 3.8) is 0 Å². The molecule has 0 aliphatic carbocycles. The number of hydrogen-bond acceptors (Lipinski definition) is 4. The van der Waals surface area contributed by atoms with E-state index in [4.69, 9.17) is 16.6 Å². The van der Waals surface area contributed by atoms with Crippen LogP contribution < -0.4 is 4.90 Å². The Labute approximate surface area is 179 Å². The Balaban J connectivity index is 1.82. The minimum absolute atomic E-state index is 0.202. The molecule has 0 aliphatic rings. The predicted octanol–water partition coefficient (Wildman–Crippen LogP) is 6.26. The number of pyridine rings is 1. The number of para-hydroxylation sites is 1. The number of fused-ring (bicyclic) bond motifs is 1. The molecule has 0 radical (unpaired) electrons. The van der Waals surface area contributed by atoms with Crippen molar-refractivity contribution in [3.05, 3.63) is 87.1 Å². The summed E-state index contributed by atoms with van der Waals surface area (Å²) in [5.74, 6) is -0.202. The third-order valence-corrected chi connectivity index (χ3v) is 6.17. The number of anilines is 1. The van der Waals surface area contributed by atoms with E-state index < -0.39 is 0 Å². The van der Waals surface area contributed by atoms with Crippen molar-refractivity contribution in [1.29, 1.82) is 0 Å². The summed E-state index contributed by atoms with van der Waals surface area (Å²) in [6, 6.07) is 15.1. The first-order chi connectivity index (χ1) is 13.5. The minimum atomic E-state index is -0.202. The fourth-order valence-corrected chi connectivity index (χ4v) is 4.50. The van der Waals surface area contributed by atoms with Gasteiger partial charge in [-0.05, 0) is 48.4 Å². The molecule has 0 unspecified atom stereocenters. The largest absolute Gasteiger partial charge is 0.279 e. The van der Waals surface area contributed by atoms with E-state index in [2.05, 4.69) is 20.9 Å². The highest BCUT2D eigenvalue weighted by atomic mass is 79.9. The maximum absolute atomic E-state index is 13.5. The zero-order valence-electron chi connectivity index (χ0n) is 14.9. The average Bonchev–Trinajstić information content (AvgIpc) is 3.14. The molecule has 0 bridgehead atoms. The number of rotatable bonds is 4. The van der Waals surface area contributed by atoms with Crippen LogP contribution in [-0.4, -0.2) is 15.9 Å². The van der Waals surface area contributed by atoms with Crippen LogP contribution in [0.25, 0.3) is 10.2 Å². The monoisotopic (exact) mass is 471 g/mol. The molecule has 4 rings (SSSR count). The Morgan fingerprint density at radius 2 is 2.07 bits per heavy atom. The fraction of sp³-hybridized carbons (Fsp3) is 0.0952. The van der Waals surface area contributed by atoms with Gasteiger partial charge in [-0.1, -0.05) is 57.1 Å². The van der Waals surface area contributed by atoms with Crippen molar-refractivity contribution in [3.8, 4) is 0 Å². The molecule has 2 aromatic carbocycles. The van der Waals surface area contributed by atoms with E-state index in [1.807, 2.05) is 43.3 Å². The van der Waals surface area contributed by atoms with Crippen molar-refractivity contribution in [1.82, 2.24) is 9.97 Å². The number of amides is 1. The van der Waals surface area contributed by atoms with Gasteiger partial charge in [-0.25, -0.2) is 4.98 Å². The molecule has 140 valence electrons. The molecule has 4 aromatic rings. The quantitative estimate of drug-likeness (QED) is 0.352. The van der Waals surface area contributed by atoms with Crippen molar-refractivity contribution < 1.29 is 4.79 Å². The Morgan fingerprint density at radius 1 is 1.21 bits per heavy atom. The van der Waals surface area contributed by atoms with E-state index in [0.29, 0.717) is 22.3 Å². The first-order valence-corrected chi connectivity index (χ1v) is 10.5. The average molecular weight is 473 g/mol. The lowest BCUT2D eigenvalue weighted by Gasteiger charge is -2.20. The Morgan fingerprint density at radius 3 is 2.82 bits per heavy atom. The number of halogens is 2. The first kappa shape index (κ1) is 19.1. The number of thiazole rings is 1. The summed E-state index contributed by atoms with van der Waals surface area (Å²) in [5, 5.41) is 1.04. The molecule has 28 heavy (non-hydrogen) atoms. The number of carbonyl (C=O) groups is 1. The molecular formula is C21H15BrClN3OS. The van der Waals surface area contributed by atoms with Gasteiger partial charge >= 0.3 is 0 Å². The van der Waals surface area contributed by atoms with Crippen LogP contribution in [0.4, 0.5) is 5.13 Å². The number of carbonyl (C=O) groups excluding carboxylic acids is 1. The fourth-order valence-electron chi connectivity index (χ4n) is 2.90. The Hall–Kier alpha value is -2.28. The summed E-state index contributed by atoms with van der Waals surface area (Å²) in [5.41, 5.74) is 3.33. The molecule has 0 spiro atoms. The smallest absolute Gasteiger partial charge is 0.261 e. The summed E-state index contributed by atoms with van der Waals surface area (Å²) >= 11 is 11.2. The molecular weight excluding hydrogens is 458 g/mol. The van der Waals surface area contributed by atoms with Crippen molar-refractivity contribution in [2.45, 2.75) is 13.5 Å². The number of hydrogen-bond donors (Lipinski definition) is 0. The highest BCUT2D eigenvalue weighted by Crippen LogP contribution is 2.33. The number of aryl methyl sites for hydroxylation is 1. The van der Waals surface area contributed by atoms with Gasteiger partial charge in [0.05, 0.1) is 27.3 Å². The lowest BCUT2D eigenvalue weighted by atomic mass is 10.2. The van der Waals surface area contributed by atoms with Gasteiger partial charge in [-0.15, -0.1) is 0 Å². The number of aromatic nitrogens is 2. The van der Waals surface area contributed by atoms with Gasteiger partial charge in [0.25, 0.3) is 5.91 Å². The molecule has 0 aliphatic heterocycles. The van der Waals surface area contributed by atoms with Gasteiger partial charge in [0, 0.05) is 16.9 Å². The zero-order valence-corrected chi connectivity index (χ0v) is 18.1. The van der Waals surface area contributed by atoms with Crippen molar-refractivity contribution in [2.75, 3.05) is 4.90 Å². The normalized spacial score (nSPS) is 11.0.